The summed E-state index contributed by atoms with van der Waals surface area (Å²) in [5.74, 6) is 0.316. The third-order valence-electron chi connectivity index (χ3n) is 9.89. The van der Waals surface area contributed by atoms with Gasteiger partial charge in [0.2, 0.25) is 0 Å². The van der Waals surface area contributed by atoms with Crippen LogP contribution in [-0.4, -0.2) is 81.2 Å². The first kappa shape index (κ1) is 25.3. The fourth-order valence-electron chi connectivity index (χ4n) is 7.95. The first-order valence-corrected chi connectivity index (χ1v) is 14.8. The molecule has 0 saturated carbocycles. The van der Waals surface area contributed by atoms with Gasteiger partial charge in [0.05, 0.1) is 17.3 Å². The molecular formula is C31H35F2N7O. The molecule has 8 rings (SSSR count). The van der Waals surface area contributed by atoms with Gasteiger partial charge in [0.1, 0.15) is 24.1 Å². The van der Waals surface area contributed by atoms with Crippen LogP contribution in [0.3, 0.4) is 0 Å². The second-order valence-corrected chi connectivity index (χ2v) is 12.5. The summed E-state index contributed by atoms with van der Waals surface area (Å²) in [6.07, 6.45) is 5.59. The summed E-state index contributed by atoms with van der Waals surface area (Å²) in [6, 6.07) is 8.77. The van der Waals surface area contributed by atoms with E-state index in [4.69, 9.17) is 14.7 Å². The SMILES string of the molecule is Cc1ccc2cnn(C)c2c1-c1ccc2c(N3C[C@H]4CC[C@@H](C3)N4)nc(OC[C@@]34CCCN3C[C@H](F)C4)nc2c1F. The lowest BCUT2D eigenvalue weighted by atomic mass is 9.95. The number of aryl methyl sites for hydroxylation is 2. The van der Waals surface area contributed by atoms with Gasteiger partial charge in [0.25, 0.3) is 0 Å². The van der Waals surface area contributed by atoms with Crippen molar-refractivity contribution in [3.8, 4) is 17.1 Å². The van der Waals surface area contributed by atoms with Gasteiger partial charge in [-0.2, -0.15) is 15.1 Å². The molecule has 4 aromatic rings. The maximum Gasteiger partial charge on any atom is 0.319 e. The van der Waals surface area contributed by atoms with Crippen molar-refractivity contribution in [1.29, 1.82) is 0 Å². The smallest absolute Gasteiger partial charge is 0.319 e. The summed E-state index contributed by atoms with van der Waals surface area (Å²) < 4.78 is 39.3. The zero-order valence-corrected chi connectivity index (χ0v) is 23.5. The fourth-order valence-corrected chi connectivity index (χ4v) is 7.95. The highest BCUT2D eigenvalue weighted by molar-refractivity contribution is 6.00. The van der Waals surface area contributed by atoms with Gasteiger partial charge >= 0.3 is 6.01 Å². The summed E-state index contributed by atoms with van der Waals surface area (Å²) in [4.78, 5) is 14.1. The zero-order valence-electron chi connectivity index (χ0n) is 23.5. The number of nitrogens with one attached hydrogen (secondary N) is 1. The van der Waals surface area contributed by atoms with E-state index in [-0.39, 0.29) is 17.1 Å². The minimum absolute atomic E-state index is 0.161. The summed E-state index contributed by atoms with van der Waals surface area (Å²) in [5, 5.41) is 9.73. The Morgan fingerprint density at radius 1 is 1.10 bits per heavy atom. The predicted octanol–water partition coefficient (Wildman–Crippen LogP) is 4.53. The molecule has 10 heteroatoms. The normalized spacial score (nSPS) is 27.8. The average Bonchev–Trinajstić information content (AvgIpc) is 3.70. The highest BCUT2D eigenvalue weighted by Gasteiger charge is 2.49. The molecule has 6 heterocycles. The van der Waals surface area contributed by atoms with Crippen molar-refractivity contribution in [2.45, 2.75) is 62.8 Å². The maximum atomic E-state index is 16.7. The summed E-state index contributed by atoms with van der Waals surface area (Å²) in [5.41, 5.74) is 3.06. The monoisotopic (exact) mass is 559 g/mol. The van der Waals surface area contributed by atoms with Crippen molar-refractivity contribution in [3.05, 3.63) is 41.8 Å². The Labute approximate surface area is 237 Å². The van der Waals surface area contributed by atoms with E-state index < -0.39 is 12.0 Å². The highest BCUT2D eigenvalue weighted by atomic mass is 19.1. The largest absolute Gasteiger partial charge is 0.461 e. The number of benzene rings is 2. The average molecular weight is 560 g/mol. The Balaban J connectivity index is 1.25. The minimum Gasteiger partial charge on any atom is -0.461 e. The molecule has 4 aliphatic heterocycles. The molecule has 2 aromatic heterocycles. The Bertz CT molecular complexity index is 1660. The van der Waals surface area contributed by atoms with Gasteiger partial charge in [-0.3, -0.25) is 9.58 Å². The number of aromatic nitrogens is 4. The van der Waals surface area contributed by atoms with Crippen molar-refractivity contribution in [2.75, 3.05) is 37.7 Å². The minimum atomic E-state index is -0.846. The molecule has 0 amide bonds. The molecule has 41 heavy (non-hydrogen) atoms. The Hall–Kier alpha value is -3.37. The zero-order chi connectivity index (χ0) is 27.9. The van der Waals surface area contributed by atoms with Gasteiger partial charge in [-0.25, -0.2) is 8.78 Å². The van der Waals surface area contributed by atoms with Crippen LogP contribution in [-0.2, 0) is 7.05 Å². The van der Waals surface area contributed by atoms with E-state index in [0.29, 0.717) is 48.4 Å². The van der Waals surface area contributed by atoms with E-state index in [1.807, 2.05) is 38.2 Å². The van der Waals surface area contributed by atoms with E-state index in [9.17, 15) is 4.39 Å². The lowest BCUT2D eigenvalue weighted by Gasteiger charge is -2.34. The molecule has 2 aromatic carbocycles. The van der Waals surface area contributed by atoms with Crippen LogP contribution in [0, 0.1) is 12.7 Å². The van der Waals surface area contributed by atoms with Crippen LogP contribution >= 0.6 is 0 Å². The molecule has 4 atom stereocenters. The standard InChI is InChI=1S/C31H35F2N7O/c1-18-4-5-19-13-34-38(2)28(19)25(18)23-8-9-24-27(26(23)33)36-30(37-29(24)39-15-21-6-7-22(16-39)35-21)41-17-31-10-3-11-40(31)14-20(32)12-31/h4-5,8-9,13,20-22,35H,3,6-7,10-12,14-17H2,1-2H3/t20-,21-,22+,31+/m1/s1. The maximum absolute atomic E-state index is 16.7. The Morgan fingerprint density at radius 3 is 2.76 bits per heavy atom. The molecule has 4 aliphatic rings. The number of ether oxygens (including phenoxy) is 1. The second-order valence-electron chi connectivity index (χ2n) is 12.5. The van der Waals surface area contributed by atoms with Gasteiger partial charge in [0, 0.05) is 67.1 Å². The molecular weight excluding hydrogens is 524 g/mol. The van der Waals surface area contributed by atoms with E-state index in [1.165, 1.54) is 0 Å². The molecule has 0 unspecified atom stereocenters. The third kappa shape index (κ3) is 4.01. The van der Waals surface area contributed by atoms with Gasteiger partial charge < -0.3 is 15.0 Å². The van der Waals surface area contributed by atoms with Gasteiger partial charge in [0.15, 0.2) is 5.82 Å². The highest BCUT2D eigenvalue weighted by Crippen LogP contribution is 2.42. The molecule has 1 N–H and O–H groups in total. The molecule has 214 valence electrons. The number of hydrogen-bond donors (Lipinski definition) is 1. The van der Waals surface area contributed by atoms with Crippen LogP contribution in [0.15, 0.2) is 30.5 Å². The number of alkyl halides is 1. The van der Waals surface area contributed by atoms with Crippen LogP contribution in [0.2, 0.25) is 0 Å². The number of hydrogen-bond acceptors (Lipinski definition) is 7. The van der Waals surface area contributed by atoms with Crippen molar-refractivity contribution in [1.82, 2.24) is 30.0 Å². The van der Waals surface area contributed by atoms with E-state index in [2.05, 4.69) is 20.2 Å². The summed E-state index contributed by atoms with van der Waals surface area (Å²) in [7, 11) is 1.88. The fraction of sp³-hybridized carbons (Fsp3) is 0.516. The van der Waals surface area contributed by atoms with Crippen molar-refractivity contribution >= 4 is 27.6 Å². The molecule has 2 bridgehead atoms. The van der Waals surface area contributed by atoms with Crippen molar-refractivity contribution in [2.24, 2.45) is 7.05 Å². The van der Waals surface area contributed by atoms with Gasteiger partial charge in [-0.1, -0.05) is 18.2 Å². The Kier molecular flexibility index (Phi) is 5.76. The van der Waals surface area contributed by atoms with E-state index in [1.54, 1.807) is 10.9 Å². The van der Waals surface area contributed by atoms with Crippen LogP contribution in [0.4, 0.5) is 14.6 Å². The van der Waals surface area contributed by atoms with Crippen LogP contribution in [0.25, 0.3) is 32.9 Å². The predicted molar refractivity (Wildman–Crippen MR) is 155 cm³/mol. The second kappa shape index (κ2) is 9.32. The molecule has 4 fully saturated rings. The number of nitrogens with zero attached hydrogens (tertiary/aromatic N) is 6. The molecule has 0 radical (unpaired) electrons. The summed E-state index contributed by atoms with van der Waals surface area (Å²) >= 11 is 0. The molecule has 4 saturated heterocycles. The molecule has 8 nitrogen and oxygen atoms in total. The van der Waals surface area contributed by atoms with Crippen LogP contribution < -0.4 is 15.0 Å². The number of rotatable bonds is 5. The van der Waals surface area contributed by atoms with Crippen LogP contribution in [0.5, 0.6) is 6.01 Å². The number of fused-ring (bicyclic) bond motifs is 5. The van der Waals surface area contributed by atoms with Crippen molar-refractivity contribution < 1.29 is 13.5 Å². The van der Waals surface area contributed by atoms with Gasteiger partial charge in [-0.15, -0.1) is 0 Å². The topological polar surface area (TPSA) is 71.3 Å². The third-order valence-corrected chi connectivity index (χ3v) is 9.89. The number of halogens is 2. The number of piperazine rings is 1. The van der Waals surface area contributed by atoms with Crippen LogP contribution in [0.1, 0.15) is 37.7 Å². The van der Waals surface area contributed by atoms with E-state index in [0.717, 1.165) is 67.3 Å². The lowest BCUT2D eigenvalue weighted by molar-refractivity contribution is 0.107. The first-order valence-electron chi connectivity index (χ1n) is 14.8. The lowest BCUT2D eigenvalue weighted by Crippen LogP contribution is -2.51. The number of anilines is 1. The van der Waals surface area contributed by atoms with Gasteiger partial charge in [-0.05, 0) is 50.8 Å². The summed E-state index contributed by atoms with van der Waals surface area (Å²) in [6.45, 7) is 5.25. The first-order chi connectivity index (χ1) is 19.9. The molecule has 0 spiro atoms. The van der Waals surface area contributed by atoms with E-state index >= 15 is 4.39 Å². The Morgan fingerprint density at radius 2 is 1.93 bits per heavy atom. The molecule has 0 aliphatic carbocycles. The van der Waals surface area contributed by atoms with Crippen molar-refractivity contribution in [3.63, 3.8) is 0 Å². The quantitative estimate of drug-likeness (QED) is 0.385.